The summed E-state index contributed by atoms with van der Waals surface area (Å²) >= 11 is 0. The predicted molar refractivity (Wildman–Crippen MR) is 95.3 cm³/mol. The zero-order valence-corrected chi connectivity index (χ0v) is 14.2. The first-order valence-corrected chi connectivity index (χ1v) is 8.76. The lowest BCUT2D eigenvalue weighted by molar-refractivity contribution is 0.0925. The van der Waals surface area contributed by atoms with Gasteiger partial charge in [0.05, 0.1) is 6.04 Å². The number of nitrogens with zero attached hydrogens (tertiary/aromatic N) is 1. The summed E-state index contributed by atoms with van der Waals surface area (Å²) in [6.45, 7) is 5.02. The van der Waals surface area contributed by atoms with Gasteiger partial charge in [0.15, 0.2) is 0 Å². The minimum Gasteiger partial charge on any atom is -0.465 e. The Hall–Kier alpha value is -2.29. The molecule has 1 amide bonds. The molecule has 1 heterocycles. The molecule has 1 saturated heterocycles. The van der Waals surface area contributed by atoms with Gasteiger partial charge in [-0.1, -0.05) is 43.3 Å². The van der Waals surface area contributed by atoms with Gasteiger partial charge < -0.3 is 10.0 Å². The zero-order chi connectivity index (χ0) is 16.8. The van der Waals surface area contributed by atoms with Crippen molar-refractivity contribution in [2.45, 2.75) is 39.2 Å². The highest BCUT2D eigenvalue weighted by atomic mass is 16.4. The molecule has 0 aromatic heterocycles. The van der Waals surface area contributed by atoms with Gasteiger partial charge in [-0.25, -0.2) is 4.79 Å². The lowest BCUT2D eigenvalue weighted by atomic mass is 9.84. The highest BCUT2D eigenvalue weighted by molar-refractivity contribution is 5.81. The Kier molecular flexibility index (Phi) is 3.60. The van der Waals surface area contributed by atoms with Crippen molar-refractivity contribution in [2.75, 3.05) is 6.54 Å². The van der Waals surface area contributed by atoms with Crippen LogP contribution in [0.3, 0.4) is 0 Å². The number of rotatable bonds is 1. The van der Waals surface area contributed by atoms with Crippen molar-refractivity contribution in [3.63, 3.8) is 0 Å². The standard InChI is InChI=1S/C21H23NO2/c1-13-9-10-22(21(23)24)19(11-13)17-8-7-14(2)20-16-6-4-3-5-15(16)12-18(17)20/h3-8,13,19H,9-12H2,1-2H3,(H,23,24). The molecule has 3 nitrogen and oxygen atoms in total. The van der Waals surface area contributed by atoms with Gasteiger partial charge in [-0.2, -0.15) is 0 Å². The first kappa shape index (κ1) is 15.3. The maximum absolute atomic E-state index is 11.8. The monoisotopic (exact) mass is 321 g/mol. The SMILES string of the molecule is Cc1ccc(C2CC(C)CCN2C(=O)O)c2c1-c1ccccc1C2. The molecule has 2 aromatic carbocycles. The minimum absolute atomic E-state index is 0.0186. The lowest BCUT2D eigenvalue weighted by Crippen LogP contribution is -2.40. The molecule has 0 bridgehead atoms. The van der Waals surface area contributed by atoms with E-state index in [-0.39, 0.29) is 6.04 Å². The molecule has 2 unspecified atom stereocenters. The number of aryl methyl sites for hydroxylation is 1. The normalized spacial score (nSPS) is 22.2. The van der Waals surface area contributed by atoms with E-state index < -0.39 is 6.09 Å². The van der Waals surface area contributed by atoms with Crippen LogP contribution in [0.1, 0.15) is 48.1 Å². The van der Waals surface area contributed by atoms with Crippen LogP contribution in [0.4, 0.5) is 4.79 Å². The second-order valence-electron chi connectivity index (χ2n) is 7.28. The van der Waals surface area contributed by atoms with Crippen molar-refractivity contribution in [3.05, 3.63) is 58.7 Å². The second-order valence-corrected chi connectivity index (χ2v) is 7.28. The van der Waals surface area contributed by atoms with Crippen LogP contribution < -0.4 is 0 Å². The molecule has 1 aliphatic carbocycles. The van der Waals surface area contributed by atoms with E-state index in [2.05, 4.69) is 50.2 Å². The van der Waals surface area contributed by atoms with Crippen LogP contribution >= 0.6 is 0 Å². The molecule has 2 atom stereocenters. The Morgan fingerprint density at radius 1 is 1.21 bits per heavy atom. The van der Waals surface area contributed by atoms with Crippen molar-refractivity contribution < 1.29 is 9.90 Å². The van der Waals surface area contributed by atoms with Crippen molar-refractivity contribution in [3.8, 4) is 11.1 Å². The number of amides is 1. The van der Waals surface area contributed by atoms with E-state index >= 15 is 0 Å². The molecule has 1 N–H and O–H groups in total. The summed E-state index contributed by atoms with van der Waals surface area (Å²) in [5, 5.41) is 9.66. The Morgan fingerprint density at radius 2 is 2.00 bits per heavy atom. The third-order valence-electron chi connectivity index (χ3n) is 5.68. The number of likely N-dealkylation sites (tertiary alicyclic amines) is 1. The maximum Gasteiger partial charge on any atom is 0.407 e. The van der Waals surface area contributed by atoms with Gasteiger partial charge in [-0.05, 0) is 65.5 Å². The summed E-state index contributed by atoms with van der Waals surface area (Å²) in [5.74, 6) is 0.561. The van der Waals surface area contributed by atoms with Crippen LogP contribution in [0.25, 0.3) is 11.1 Å². The molecule has 0 saturated carbocycles. The van der Waals surface area contributed by atoms with Gasteiger partial charge in [-0.15, -0.1) is 0 Å². The lowest BCUT2D eigenvalue weighted by Gasteiger charge is -2.38. The van der Waals surface area contributed by atoms with Crippen LogP contribution in [0, 0.1) is 12.8 Å². The van der Waals surface area contributed by atoms with Gasteiger partial charge >= 0.3 is 6.09 Å². The number of carboxylic acid groups (broad SMARTS) is 1. The summed E-state index contributed by atoms with van der Waals surface area (Å²) in [5.41, 5.74) is 7.82. The third kappa shape index (κ3) is 2.31. The highest BCUT2D eigenvalue weighted by Gasteiger charge is 2.34. The molecule has 0 radical (unpaired) electrons. The van der Waals surface area contributed by atoms with Crippen molar-refractivity contribution in [2.24, 2.45) is 5.92 Å². The van der Waals surface area contributed by atoms with E-state index in [1.807, 2.05) is 0 Å². The first-order valence-electron chi connectivity index (χ1n) is 8.76. The van der Waals surface area contributed by atoms with Crippen LogP contribution in [0.2, 0.25) is 0 Å². The third-order valence-corrected chi connectivity index (χ3v) is 5.68. The molecule has 1 fully saturated rings. The molecular formula is C21H23NO2. The smallest absolute Gasteiger partial charge is 0.407 e. The number of piperidine rings is 1. The Balaban J connectivity index is 1.84. The fourth-order valence-electron chi connectivity index (χ4n) is 4.43. The molecule has 3 heteroatoms. The van der Waals surface area contributed by atoms with Gasteiger partial charge in [0.2, 0.25) is 0 Å². The number of hydrogen-bond acceptors (Lipinski definition) is 1. The number of fused-ring (bicyclic) bond motifs is 3. The molecule has 124 valence electrons. The second kappa shape index (κ2) is 5.66. The number of carbonyl (C=O) groups is 1. The molecule has 0 spiro atoms. The summed E-state index contributed by atoms with van der Waals surface area (Å²) in [6.07, 6.45) is 1.99. The fourth-order valence-corrected chi connectivity index (χ4v) is 4.43. The quantitative estimate of drug-likeness (QED) is 0.684. The molecular weight excluding hydrogens is 298 g/mol. The topological polar surface area (TPSA) is 40.5 Å². The van der Waals surface area contributed by atoms with Gasteiger partial charge in [0, 0.05) is 6.54 Å². The van der Waals surface area contributed by atoms with Crippen molar-refractivity contribution in [1.29, 1.82) is 0 Å². The summed E-state index contributed by atoms with van der Waals surface area (Å²) in [7, 11) is 0. The Labute approximate surface area is 142 Å². The molecule has 2 aliphatic rings. The molecule has 1 aliphatic heterocycles. The summed E-state index contributed by atoms with van der Waals surface area (Å²) < 4.78 is 0. The summed E-state index contributed by atoms with van der Waals surface area (Å²) in [4.78, 5) is 13.4. The van der Waals surface area contributed by atoms with E-state index in [0.717, 1.165) is 19.3 Å². The van der Waals surface area contributed by atoms with E-state index in [1.165, 1.54) is 33.4 Å². The highest BCUT2D eigenvalue weighted by Crippen LogP contribution is 2.45. The number of benzene rings is 2. The Bertz CT molecular complexity index is 811. The summed E-state index contributed by atoms with van der Waals surface area (Å²) in [6, 6.07) is 12.9. The predicted octanol–water partition coefficient (Wildman–Crippen LogP) is 5.02. The van der Waals surface area contributed by atoms with Crippen LogP contribution in [0.15, 0.2) is 36.4 Å². The molecule has 24 heavy (non-hydrogen) atoms. The van der Waals surface area contributed by atoms with Crippen molar-refractivity contribution in [1.82, 2.24) is 4.90 Å². The van der Waals surface area contributed by atoms with E-state index in [9.17, 15) is 9.90 Å². The van der Waals surface area contributed by atoms with Gasteiger partial charge in [-0.3, -0.25) is 0 Å². The zero-order valence-electron chi connectivity index (χ0n) is 14.2. The van der Waals surface area contributed by atoms with Crippen LogP contribution in [-0.2, 0) is 6.42 Å². The average molecular weight is 321 g/mol. The van der Waals surface area contributed by atoms with E-state index in [0.29, 0.717) is 12.5 Å². The minimum atomic E-state index is -0.795. The fraction of sp³-hybridized carbons (Fsp3) is 0.381. The van der Waals surface area contributed by atoms with Crippen LogP contribution in [0.5, 0.6) is 0 Å². The largest absolute Gasteiger partial charge is 0.465 e. The van der Waals surface area contributed by atoms with Gasteiger partial charge in [0.1, 0.15) is 0 Å². The van der Waals surface area contributed by atoms with E-state index in [4.69, 9.17) is 0 Å². The van der Waals surface area contributed by atoms with Crippen molar-refractivity contribution >= 4 is 6.09 Å². The maximum atomic E-state index is 11.8. The average Bonchev–Trinajstić information content (AvgIpc) is 2.95. The number of hydrogen-bond donors (Lipinski definition) is 1. The molecule has 2 aromatic rings. The molecule has 4 rings (SSSR count). The van der Waals surface area contributed by atoms with Crippen LogP contribution in [-0.4, -0.2) is 22.6 Å². The Morgan fingerprint density at radius 3 is 2.79 bits per heavy atom. The first-order chi connectivity index (χ1) is 11.6. The van der Waals surface area contributed by atoms with Gasteiger partial charge in [0.25, 0.3) is 0 Å². The van der Waals surface area contributed by atoms with E-state index in [1.54, 1.807) is 4.90 Å².